The van der Waals surface area contributed by atoms with Crippen molar-refractivity contribution in [1.29, 1.82) is 0 Å². The highest BCUT2D eigenvalue weighted by Gasteiger charge is 2.14. The zero-order valence-electron chi connectivity index (χ0n) is 11.4. The molecule has 0 fully saturated rings. The Morgan fingerprint density at radius 1 is 1.37 bits per heavy atom. The highest BCUT2D eigenvalue weighted by atomic mass is 79.9. The smallest absolute Gasteiger partial charge is 0.283 e. The van der Waals surface area contributed by atoms with Crippen molar-refractivity contribution in [3.05, 3.63) is 38.3 Å². The molecule has 0 saturated carbocycles. The third kappa shape index (κ3) is 5.67. The number of nitrogens with zero attached hydrogens (tertiary/aromatic N) is 2. The normalized spacial score (nSPS) is 10.9. The van der Waals surface area contributed by atoms with Gasteiger partial charge < -0.3 is 10.2 Å². The van der Waals surface area contributed by atoms with Gasteiger partial charge in [-0.3, -0.25) is 10.1 Å². The lowest BCUT2D eigenvalue weighted by molar-refractivity contribution is -0.385. The molecule has 0 aliphatic heterocycles. The third-order valence-electron chi connectivity index (χ3n) is 2.78. The van der Waals surface area contributed by atoms with Crippen LogP contribution in [0, 0.1) is 10.1 Å². The van der Waals surface area contributed by atoms with Crippen LogP contribution >= 0.6 is 15.9 Å². The Kier molecular flexibility index (Phi) is 6.97. The first-order valence-electron chi connectivity index (χ1n) is 6.29. The van der Waals surface area contributed by atoms with Crippen LogP contribution in [0.25, 0.3) is 0 Å². The molecule has 1 N–H and O–H groups in total. The minimum absolute atomic E-state index is 0.118. The van der Waals surface area contributed by atoms with E-state index in [1.807, 2.05) is 6.07 Å². The molecule has 0 amide bonds. The molecular formula is C13H20BrN3O2. The molecule has 1 rings (SSSR count). The van der Waals surface area contributed by atoms with Crippen LogP contribution in [0.4, 0.5) is 5.69 Å². The molecule has 19 heavy (non-hydrogen) atoms. The monoisotopic (exact) mass is 329 g/mol. The van der Waals surface area contributed by atoms with Crippen LogP contribution in [0.1, 0.15) is 18.4 Å². The fraction of sp³-hybridized carbons (Fsp3) is 0.538. The number of halogens is 1. The first kappa shape index (κ1) is 16.1. The van der Waals surface area contributed by atoms with Crippen LogP contribution in [-0.2, 0) is 6.54 Å². The number of nitro benzene ring substituents is 1. The Balaban J connectivity index is 2.37. The van der Waals surface area contributed by atoms with Gasteiger partial charge in [0.25, 0.3) is 5.69 Å². The van der Waals surface area contributed by atoms with Gasteiger partial charge in [0.15, 0.2) is 0 Å². The molecule has 0 unspecified atom stereocenters. The molecule has 0 heterocycles. The van der Waals surface area contributed by atoms with E-state index in [1.54, 1.807) is 6.07 Å². The summed E-state index contributed by atoms with van der Waals surface area (Å²) in [5.74, 6) is 0. The molecule has 1 aromatic carbocycles. The zero-order valence-corrected chi connectivity index (χ0v) is 12.9. The fourth-order valence-electron chi connectivity index (χ4n) is 1.74. The molecule has 6 heteroatoms. The minimum Gasteiger partial charge on any atom is -0.313 e. The number of benzene rings is 1. The standard InChI is InChI=1S/C13H20BrN3O2/c1-16(2)9-4-3-8-15-10-11-6-5-7-12(13(11)14)17(18)19/h5-7,15H,3-4,8-10H2,1-2H3. The van der Waals surface area contributed by atoms with Gasteiger partial charge >= 0.3 is 0 Å². The lowest BCUT2D eigenvalue weighted by Gasteiger charge is -2.10. The van der Waals surface area contributed by atoms with Crippen molar-refractivity contribution in [2.24, 2.45) is 0 Å². The molecule has 1 aromatic rings. The van der Waals surface area contributed by atoms with E-state index in [0.29, 0.717) is 11.0 Å². The average molecular weight is 330 g/mol. The third-order valence-corrected chi connectivity index (χ3v) is 3.69. The number of unbranched alkanes of at least 4 members (excludes halogenated alkanes) is 1. The van der Waals surface area contributed by atoms with Crippen LogP contribution in [0.5, 0.6) is 0 Å². The van der Waals surface area contributed by atoms with Crippen molar-refractivity contribution in [3.63, 3.8) is 0 Å². The second-order valence-electron chi connectivity index (χ2n) is 4.69. The number of hydrogen-bond acceptors (Lipinski definition) is 4. The van der Waals surface area contributed by atoms with Crippen LogP contribution in [0.3, 0.4) is 0 Å². The van der Waals surface area contributed by atoms with Crippen molar-refractivity contribution in [1.82, 2.24) is 10.2 Å². The molecule has 0 saturated heterocycles. The van der Waals surface area contributed by atoms with Crippen molar-refractivity contribution in [2.75, 3.05) is 27.2 Å². The SMILES string of the molecule is CN(C)CCCCNCc1cccc([N+](=O)[O-])c1Br. The van der Waals surface area contributed by atoms with Crippen LogP contribution in [0.15, 0.2) is 22.7 Å². The fourth-order valence-corrected chi connectivity index (χ4v) is 2.29. The topological polar surface area (TPSA) is 58.4 Å². The first-order valence-corrected chi connectivity index (χ1v) is 7.09. The summed E-state index contributed by atoms with van der Waals surface area (Å²) in [7, 11) is 4.13. The second-order valence-corrected chi connectivity index (χ2v) is 5.49. The maximum Gasteiger partial charge on any atom is 0.283 e. The summed E-state index contributed by atoms with van der Waals surface area (Å²) in [4.78, 5) is 12.6. The van der Waals surface area contributed by atoms with E-state index in [1.165, 1.54) is 6.07 Å². The van der Waals surface area contributed by atoms with Crippen LogP contribution < -0.4 is 5.32 Å². The Morgan fingerprint density at radius 2 is 2.11 bits per heavy atom. The maximum absolute atomic E-state index is 10.8. The second kappa shape index (κ2) is 8.24. The van der Waals surface area contributed by atoms with Gasteiger partial charge in [-0.1, -0.05) is 12.1 Å². The van der Waals surface area contributed by atoms with Gasteiger partial charge in [-0.25, -0.2) is 0 Å². The average Bonchev–Trinajstić information content (AvgIpc) is 2.34. The lowest BCUT2D eigenvalue weighted by Crippen LogP contribution is -2.18. The number of nitrogens with one attached hydrogen (secondary N) is 1. The summed E-state index contributed by atoms with van der Waals surface area (Å²) in [6.07, 6.45) is 2.25. The van der Waals surface area contributed by atoms with Gasteiger partial charge in [-0.15, -0.1) is 0 Å². The van der Waals surface area contributed by atoms with E-state index >= 15 is 0 Å². The highest BCUT2D eigenvalue weighted by molar-refractivity contribution is 9.10. The molecule has 0 radical (unpaired) electrons. The van der Waals surface area contributed by atoms with Crippen molar-refractivity contribution < 1.29 is 4.92 Å². The zero-order chi connectivity index (χ0) is 14.3. The summed E-state index contributed by atoms with van der Waals surface area (Å²) >= 11 is 3.30. The van der Waals surface area contributed by atoms with Crippen molar-refractivity contribution >= 4 is 21.6 Å². The Morgan fingerprint density at radius 3 is 2.74 bits per heavy atom. The number of nitro groups is 1. The van der Waals surface area contributed by atoms with Gasteiger partial charge in [0.2, 0.25) is 0 Å². The summed E-state index contributed by atoms with van der Waals surface area (Å²) < 4.78 is 0.570. The molecule has 0 atom stereocenters. The predicted molar refractivity (Wildman–Crippen MR) is 80.3 cm³/mol. The number of rotatable bonds is 8. The van der Waals surface area contributed by atoms with Crippen LogP contribution in [-0.4, -0.2) is 37.0 Å². The van der Waals surface area contributed by atoms with E-state index in [2.05, 4.69) is 40.2 Å². The molecule has 106 valence electrons. The summed E-state index contributed by atoms with van der Waals surface area (Å²) in [6.45, 7) is 2.65. The Hall–Kier alpha value is -0.980. The summed E-state index contributed by atoms with van der Waals surface area (Å²) in [6, 6.07) is 5.11. The van der Waals surface area contributed by atoms with E-state index in [4.69, 9.17) is 0 Å². The van der Waals surface area contributed by atoms with E-state index in [9.17, 15) is 10.1 Å². The van der Waals surface area contributed by atoms with Gasteiger partial charge in [0.1, 0.15) is 0 Å². The van der Waals surface area contributed by atoms with E-state index < -0.39 is 0 Å². The van der Waals surface area contributed by atoms with Crippen molar-refractivity contribution in [3.8, 4) is 0 Å². The van der Waals surface area contributed by atoms with Gasteiger partial charge in [-0.2, -0.15) is 0 Å². The quantitative estimate of drug-likeness (QED) is 0.452. The first-order chi connectivity index (χ1) is 9.02. The van der Waals surface area contributed by atoms with E-state index in [-0.39, 0.29) is 10.6 Å². The maximum atomic E-state index is 10.8. The molecule has 0 spiro atoms. The van der Waals surface area contributed by atoms with Crippen molar-refractivity contribution in [2.45, 2.75) is 19.4 Å². The minimum atomic E-state index is -0.370. The van der Waals surface area contributed by atoms with E-state index in [0.717, 1.165) is 31.5 Å². The van der Waals surface area contributed by atoms with Gasteiger partial charge in [0, 0.05) is 12.6 Å². The van der Waals surface area contributed by atoms with Crippen LogP contribution in [0.2, 0.25) is 0 Å². The highest BCUT2D eigenvalue weighted by Crippen LogP contribution is 2.27. The predicted octanol–water partition coefficient (Wildman–Crippen LogP) is 2.79. The molecule has 0 aliphatic rings. The van der Waals surface area contributed by atoms with Gasteiger partial charge in [0.05, 0.1) is 9.40 Å². The Bertz CT molecular complexity index is 424. The molecule has 0 aromatic heterocycles. The lowest BCUT2D eigenvalue weighted by atomic mass is 10.2. The summed E-state index contributed by atoms with van der Waals surface area (Å²) in [5, 5.41) is 14.1. The van der Waals surface area contributed by atoms with Gasteiger partial charge in [-0.05, 0) is 61.5 Å². The molecular weight excluding hydrogens is 310 g/mol. The largest absolute Gasteiger partial charge is 0.313 e. The summed E-state index contributed by atoms with van der Waals surface area (Å²) in [5.41, 5.74) is 1.04. The molecule has 0 bridgehead atoms. The number of hydrogen-bond donors (Lipinski definition) is 1. The molecule has 5 nitrogen and oxygen atoms in total. The Labute approximate surface area is 122 Å². The molecule has 0 aliphatic carbocycles.